The number of hydrogen-bond donors (Lipinski definition) is 1. The van der Waals surface area contributed by atoms with E-state index in [2.05, 4.69) is 0 Å². The van der Waals surface area contributed by atoms with Crippen LogP contribution >= 0.6 is 0 Å². The predicted octanol–water partition coefficient (Wildman–Crippen LogP) is 2.33. The van der Waals surface area contributed by atoms with E-state index in [4.69, 9.17) is 5.14 Å². The smallest absolute Gasteiger partial charge is 0.293 e. The molecule has 0 aliphatic carbocycles. The van der Waals surface area contributed by atoms with Crippen LogP contribution in [0.1, 0.15) is 28.8 Å². The van der Waals surface area contributed by atoms with Gasteiger partial charge in [0.2, 0.25) is 10.0 Å². The normalized spacial score (nSPS) is 15.4. The van der Waals surface area contributed by atoms with E-state index in [1.165, 1.54) is 6.07 Å². The van der Waals surface area contributed by atoms with Crippen LogP contribution in [0.5, 0.6) is 0 Å². The molecule has 2 aromatic rings. The molecule has 0 unspecified atom stereocenters. The summed E-state index contributed by atoms with van der Waals surface area (Å²) in [6.45, 7) is 0.986. The van der Waals surface area contributed by atoms with Gasteiger partial charge in [0, 0.05) is 30.3 Å². The molecule has 2 aromatic carbocycles. The third kappa shape index (κ3) is 4.73. The summed E-state index contributed by atoms with van der Waals surface area (Å²) in [6.07, 6.45) is 1.16. The minimum absolute atomic E-state index is 0.0516. The van der Waals surface area contributed by atoms with E-state index < -0.39 is 14.9 Å². The van der Waals surface area contributed by atoms with E-state index in [1.807, 2.05) is 4.90 Å². The lowest BCUT2D eigenvalue weighted by Gasteiger charge is -2.33. The summed E-state index contributed by atoms with van der Waals surface area (Å²) in [5.41, 5.74) is 1.02. The van der Waals surface area contributed by atoms with Crippen LogP contribution in [-0.4, -0.2) is 38.0 Å². The monoisotopic (exact) mass is 403 g/mol. The molecule has 1 aliphatic rings. The Balaban J connectivity index is 1.81. The molecule has 0 atom stereocenters. The summed E-state index contributed by atoms with van der Waals surface area (Å²) in [5.74, 6) is -0.403. The lowest BCUT2D eigenvalue weighted by Crippen LogP contribution is -2.37. The van der Waals surface area contributed by atoms with Crippen molar-refractivity contribution in [1.82, 2.24) is 0 Å². The fourth-order valence-corrected chi connectivity index (χ4v) is 4.49. The number of piperidine rings is 1. The standard InChI is InChI=1S/C19H21N3O5S/c20-28(26,27)13-14-8-10-21(11-9-14)17-7-6-16(12-18(17)22(24)25)19(23)15-4-2-1-3-5-15/h1-7,12,14H,8-11,13H2,(H2,20,26,27). The van der Waals surface area contributed by atoms with Gasteiger partial charge >= 0.3 is 0 Å². The first-order valence-corrected chi connectivity index (χ1v) is 10.6. The summed E-state index contributed by atoms with van der Waals surface area (Å²) in [6, 6.07) is 13.1. The molecular formula is C19H21N3O5S. The molecular weight excluding hydrogens is 382 g/mol. The molecule has 0 aromatic heterocycles. The Morgan fingerprint density at radius 3 is 2.32 bits per heavy atom. The number of rotatable bonds is 6. The first-order chi connectivity index (χ1) is 13.2. The number of primary sulfonamides is 1. The van der Waals surface area contributed by atoms with Crippen LogP contribution in [0.15, 0.2) is 48.5 Å². The number of ketones is 1. The first-order valence-electron chi connectivity index (χ1n) is 8.88. The Kier molecular flexibility index (Phi) is 5.76. The number of carbonyl (C=O) groups is 1. The van der Waals surface area contributed by atoms with E-state index >= 15 is 0 Å². The van der Waals surface area contributed by atoms with Crippen LogP contribution < -0.4 is 10.0 Å². The van der Waals surface area contributed by atoms with Gasteiger partial charge < -0.3 is 4.90 Å². The molecule has 0 amide bonds. The van der Waals surface area contributed by atoms with Gasteiger partial charge in [-0.3, -0.25) is 14.9 Å². The number of benzene rings is 2. The summed E-state index contributed by atoms with van der Waals surface area (Å²) in [7, 11) is -3.53. The van der Waals surface area contributed by atoms with Gasteiger partial charge in [0.15, 0.2) is 5.78 Å². The lowest BCUT2D eigenvalue weighted by atomic mass is 9.97. The number of nitrogens with zero attached hydrogens (tertiary/aromatic N) is 2. The Hall–Kier alpha value is -2.78. The molecule has 0 bridgehead atoms. The van der Waals surface area contributed by atoms with Crippen LogP contribution in [0.2, 0.25) is 0 Å². The minimum Gasteiger partial charge on any atom is -0.366 e. The molecule has 0 spiro atoms. The highest BCUT2D eigenvalue weighted by Crippen LogP contribution is 2.33. The zero-order valence-electron chi connectivity index (χ0n) is 15.2. The highest BCUT2D eigenvalue weighted by Gasteiger charge is 2.27. The van der Waals surface area contributed by atoms with E-state index in [9.17, 15) is 23.3 Å². The lowest BCUT2D eigenvalue weighted by molar-refractivity contribution is -0.384. The Morgan fingerprint density at radius 1 is 1.11 bits per heavy atom. The second kappa shape index (κ2) is 8.07. The topological polar surface area (TPSA) is 124 Å². The van der Waals surface area contributed by atoms with E-state index in [0.717, 1.165) is 0 Å². The summed E-state index contributed by atoms with van der Waals surface area (Å²) in [5, 5.41) is 16.7. The number of sulfonamides is 1. The van der Waals surface area contributed by atoms with E-state index in [-0.39, 0.29) is 28.7 Å². The number of anilines is 1. The van der Waals surface area contributed by atoms with Gasteiger partial charge in [0.05, 0.1) is 10.7 Å². The van der Waals surface area contributed by atoms with Gasteiger partial charge in [-0.25, -0.2) is 13.6 Å². The number of nitrogens with two attached hydrogens (primary N) is 1. The highest BCUT2D eigenvalue weighted by molar-refractivity contribution is 7.89. The fourth-order valence-electron chi connectivity index (χ4n) is 3.50. The molecule has 0 radical (unpaired) electrons. The van der Waals surface area contributed by atoms with Crippen molar-refractivity contribution in [3.63, 3.8) is 0 Å². The molecule has 3 rings (SSSR count). The van der Waals surface area contributed by atoms with Gasteiger partial charge in [-0.05, 0) is 30.9 Å². The van der Waals surface area contributed by atoms with Gasteiger partial charge in [0.25, 0.3) is 5.69 Å². The van der Waals surface area contributed by atoms with Gasteiger partial charge in [-0.15, -0.1) is 0 Å². The van der Waals surface area contributed by atoms with Crippen molar-refractivity contribution in [3.8, 4) is 0 Å². The number of hydrogen-bond acceptors (Lipinski definition) is 6. The quantitative estimate of drug-likeness (QED) is 0.448. The predicted molar refractivity (Wildman–Crippen MR) is 106 cm³/mol. The molecule has 9 heteroatoms. The van der Waals surface area contributed by atoms with Crippen LogP contribution in [0.25, 0.3) is 0 Å². The molecule has 1 heterocycles. The first kappa shape index (κ1) is 20.0. The van der Waals surface area contributed by atoms with Gasteiger partial charge in [-0.1, -0.05) is 30.3 Å². The molecule has 8 nitrogen and oxygen atoms in total. The van der Waals surface area contributed by atoms with Crippen LogP contribution in [0, 0.1) is 16.0 Å². The van der Waals surface area contributed by atoms with Crippen molar-refractivity contribution in [2.75, 3.05) is 23.7 Å². The third-order valence-corrected chi connectivity index (χ3v) is 5.83. The summed E-state index contributed by atoms with van der Waals surface area (Å²) in [4.78, 5) is 25.5. The molecule has 2 N–H and O–H groups in total. The molecule has 0 saturated carbocycles. The SMILES string of the molecule is NS(=O)(=O)CC1CCN(c2ccc(C(=O)c3ccccc3)cc2[N+](=O)[O-])CC1. The van der Waals surface area contributed by atoms with Crippen LogP contribution in [0.3, 0.4) is 0 Å². The van der Waals surface area contributed by atoms with Crippen LogP contribution in [0.4, 0.5) is 11.4 Å². The Morgan fingerprint density at radius 2 is 1.75 bits per heavy atom. The van der Waals surface area contributed by atoms with Crippen molar-refractivity contribution in [1.29, 1.82) is 0 Å². The molecule has 1 saturated heterocycles. The van der Waals surface area contributed by atoms with E-state index in [0.29, 0.717) is 37.2 Å². The number of nitro benzene ring substituents is 1. The van der Waals surface area contributed by atoms with Crippen molar-refractivity contribution in [3.05, 3.63) is 69.8 Å². The second-order valence-electron chi connectivity index (χ2n) is 6.92. The maximum absolute atomic E-state index is 12.6. The highest BCUT2D eigenvalue weighted by atomic mass is 32.2. The summed E-state index contributed by atoms with van der Waals surface area (Å²) >= 11 is 0. The fraction of sp³-hybridized carbons (Fsp3) is 0.316. The average Bonchev–Trinajstić information content (AvgIpc) is 2.67. The van der Waals surface area contributed by atoms with Crippen molar-refractivity contribution >= 4 is 27.2 Å². The largest absolute Gasteiger partial charge is 0.366 e. The van der Waals surface area contributed by atoms with Crippen molar-refractivity contribution < 1.29 is 18.1 Å². The Bertz CT molecular complexity index is 984. The maximum atomic E-state index is 12.6. The van der Waals surface area contributed by atoms with Gasteiger partial charge in [0.1, 0.15) is 5.69 Å². The van der Waals surface area contributed by atoms with Gasteiger partial charge in [-0.2, -0.15) is 0 Å². The zero-order valence-corrected chi connectivity index (χ0v) is 16.0. The Labute approximate surface area is 163 Å². The molecule has 1 aliphatic heterocycles. The summed E-state index contributed by atoms with van der Waals surface area (Å²) < 4.78 is 22.5. The van der Waals surface area contributed by atoms with Crippen molar-refractivity contribution in [2.45, 2.75) is 12.8 Å². The number of nitro groups is 1. The zero-order chi connectivity index (χ0) is 20.3. The minimum atomic E-state index is -3.53. The average molecular weight is 403 g/mol. The molecule has 1 fully saturated rings. The van der Waals surface area contributed by atoms with E-state index in [1.54, 1.807) is 42.5 Å². The molecule has 148 valence electrons. The maximum Gasteiger partial charge on any atom is 0.293 e. The van der Waals surface area contributed by atoms with Crippen LogP contribution in [-0.2, 0) is 10.0 Å². The third-order valence-electron chi connectivity index (χ3n) is 4.89. The van der Waals surface area contributed by atoms with Crippen molar-refractivity contribution in [2.24, 2.45) is 11.1 Å². The molecule has 28 heavy (non-hydrogen) atoms. The number of carbonyl (C=O) groups excluding carboxylic acids is 1. The second-order valence-corrected chi connectivity index (χ2v) is 8.57.